The molecule has 0 spiro atoms. The van der Waals surface area contributed by atoms with Crippen molar-refractivity contribution in [3.8, 4) is 0 Å². The van der Waals surface area contributed by atoms with E-state index in [0.717, 1.165) is 24.8 Å². The van der Waals surface area contributed by atoms with E-state index in [9.17, 15) is 9.59 Å². The summed E-state index contributed by atoms with van der Waals surface area (Å²) < 4.78 is 0.245. The molecule has 1 heterocycles. The minimum Gasteiger partial charge on any atom is -0.343 e. The Balaban J connectivity index is 1.68. The molecule has 1 aliphatic carbocycles. The number of carbonyl (C=O) groups is 1. The quantitative estimate of drug-likeness (QED) is 0.633. The molecule has 0 bridgehead atoms. The van der Waals surface area contributed by atoms with Gasteiger partial charge in [-0.25, -0.2) is 0 Å². The number of benzene rings is 2. The smallest absolute Gasteiger partial charge is 0.259 e. The topological polar surface area (TPSA) is 77.8 Å². The van der Waals surface area contributed by atoms with E-state index >= 15 is 0 Å². The lowest BCUT2D eigenvalue weighted by Gasteiger charge is -2.43. The average molecular weight is 351 g/mol. The van der Waals surface area contributed by atoms with Gasteiger partial charge in [-0.2, -0.15) is 0 Å². The molecule has 0 atom stereocenters. The first-order valence-electron chi connectivity index (χ1n) is 8.22. The van der Waals surface area contributed by atoms with E-state index in [2.05, 4.69) is 27.4 Å². The summed E-state index contributed by atoms with van der Waals surface area (Å²) in [5.74, 6) is -0.148. The fraction of sp³-hybridized carbons (Fsp3) is 0.211. The molecule has 126 valence electrons. The second kappa shape index (κ2) is 5.97. The Kier molecular flexibility index (Phi) is 3.77. The number of amides is 1. The summed E-state index contributed by atoms with van der Waals surface area (Å²) in [7, 11) is 0. The number of hydrogen-bond donors (Lipinski definition) is 3. The maximum Gasteiger partial charge on any atom is 0.259 e. The van der Waals surface area contributed by atoms with Gasteiger partial charge in [0.1, 0.15) is 0 Å². The van der Waals surface area contributed by atoms with Gasteiger partial charge in [-0.1, -0.05) is 30.3 Å². The second-order valence-electron chi connectivity index (χ2n) is 6.42. The predicted octanol–water partition coefficient (Wildman–Crippen LogP) is 3.39. The van der Waals surface area contributed by atoms with Crippen LogP contribution in [0.3, 0.4) is 0 Å². The molecule has 4 rings (SSSR count). The lowest BCUT2D eigenvalue weighted by atomic mass is 9.71. The number of nitrogens with one attached hydrogen (secondary N) is 3. The second-order valence-corrected chi connectivity index (χ2v) is 6.83. The Labute approximate surface area is 149 Å². The first-order chi connectivity index (χ1) is 12.1. The highest BCUT2D eigenvalue weighted by molar-refractivity contribution is 7.71. The Bertz CT molecular complexity index is 1070. The van der Waals surface area contributed by atoms with Gasteiger partial charge in [0.15, 0.2) is 4.77 Å². The van der Waals surface area contributed by atoms with Crippen molar-refractivity contribution in [1.29, 1.82) is 0 Å². The summed E-state index contributed by atoms with van der Waals surface area (Å²) in [5.41, 5.74) is 1.64. The van der Waals surface area contributed by atoms with Crippen LogP contribution in [0.15, 0.2) is 53.3 Å². The van der Waals surface area contributed by atoms with Crippen LogP contribution in [0.4, 0.5) is 0 Å². The molecule has 2 aromatic carbocycles. The van der Waals surface area contributed by atoms with Crippen molar-refractivity contribution in [3.63, 3.8) is 0 Å². The zero-order chi connectivity index (χ0) is 17.4. The SMILES string of the molecule is O=C(NC1(c2ccccc2)CCC1)c1ccc2c(=O)[nH]c(=S)[nH]c2c1. The third-order valence-electron chi connectivity index (χ3n) is 4.89. The van der Waals surface area contributed by atoms with Crippen molar-refractivity contribution >= 4 is 29.0 Å². The van der Waals surface area contributed by atoms with Crippen molar-refractivity contribution in [2.45, 2.75) is 24.8 Å². The van der Waals surface area contributed by atoms with Crippen molar-refractivity contribution in [3.05, 3.63) is 74.8 Å². The molecule has 1 fully saturated rings. The van der Waals surface area contributed by atoms with Crippen LogP contribution in [0.25, 0.3) is 10.9 Å². The monoisotopic (exact) mass is 351 g/mol. The highest BCUT2D eigenvalue weighted by Gasteiger charge is 2.40. The van der Waals surface area contributed by atoms with Crippen molar-refractivity contribution in [2.75, 3.05) is 0 Å². The van der Waals surface area contributed by atoms with Crippen LogP contribution < -0.4 is 10.9 Å². The fourth-order valence-electron chi connectivity index (χ4n) is 3.37. The third kappa shape index (κ3) is 2.78. The minimum atomic E-state index is -0.297. The highest BCUT2D eigenvalue weighted by atomic mass is 32.1. The van der Waals surface area contributed by atoms with E-state index in [4.69, 9.17) is 12.2 Å². The maximum absolute atomic E-state index is 12.8. The minimum absolute atomic E-state index is 0.148. The van der Waals surface area contributed by atoms with Crippen LogP contribution in [0, 0.1) is 4.77 Å². The van der Waals surface area contributed by atoms with E-state index in [1.54, 1.807) is 18.2 Å². The number of hydrogen-bond acceptors (Lipinski definition) is 3. The fourth-order valence-corrected chi connectivity index (χ4v) is 3.58. The molecule has 0 aliphatic heterocycles. The van der Waals surface area contributed by atoms with Crippen LogP contribution >= 0.6 is 12.2 Å². The molecule has 3 aromatic rings. The largest absolute Gasteiger partial charge is 0.343 e. The molecule has 0 saturated heterocycles. The molecule has 1 amide bonds. The van der Waals surface area contributed by atoms with E-state index < -0.39 is 0 Å². The number of aromatic nitrogens is 2. The molecule has 1 aromatic heterocycles. The van der Waals surface area contributed by atoms with Crippen molar-refractivity contribution < 1.29 is 4.79 Å². The van der Waals surface area contributed by atoms with Crippen LogP contribution in [-0.4, -0.2) is 15.9 Å². The van der Waals surface area contributed by atoms with Gasteiger partial charge in [0, 0.05) is 5.56 Å². The van der Waals surface area contributed by atoms with Crippen molar-refractivity contribution in [1.82, 2.24) is 15.3 Å². The van der Waals surface area contributed by atoms with Gasteiger partial charge in [0.25, 0.3) is 11.5 Å². The van der Waals surface area contributed by atoms with Crippen LogP contribution in [-0.2, 0) is 5.54 Å². The highest BCUT2D eigenvalue weighted by Crippen LogP contribution is 2.41. The van der Waals surface area contributed by atoms with Gasteiger partial charge >= 0.3 is 0 Å². The predicted molar refractivity (Wildman–Crippen MR) is 99.2 cm³/mol. The van der Waals surface area contributed by atoms with Gasteiger partial charge in [-0.05, 0) is 55.2 Å². The lowest BCUT2D eigenvalue weighted by molar-refractivity contribution is 0.0823. The summed E-state index contributed by atoms with van der Waals surface area (Å²) in [4.78, 5) is 30.2. The van der Waals surface area contributed by atoms with E-state index in [1.165, 1.54) is 0 Å². The normalized spacial score (nSPS) is 15.5. The molecule has 6 heteroatoms. The van der Waals surface area contributed by atoms with Gasteiger partial charge < -0.3 is 10.3 Å². The summed E-state index contributed by atoms with van der Waals surface area (Å²) in [5, 5.41) is 3.67. The van der Waals surface area contributed by atoms with E-state index in [-0.39, 0.29) is 21.8 Å². The van der Waals surface area contributed by atoms with Crippen LogP contribution in [0.1, 0.15) is 35.2 Å². The zero-order valence-electron chi connectivity index (χ0n) is 13.5. The van der Waals surface area contributed by atoms with Crippen molar-refractivity contribution in [2.24, 2.45) is 0 Å². The van der Waals surface area contributed by atoms with Gasteiger partial charge in [0.2, 0.25) is 0 Å². The van der Waals surface area contributed by atoms with Gasteiger partial charge in [0.05, 0.1) is 16.4 Å². The maximum atomic E-state index is 12.8. The summed E-state index contributed by atoms with van der Waals surface area (Å²) in [6.07, 6.45) is 2.95. The lowest BCUT2D eigenvalue weighted by Crippen LogP contribution is -2.50. The summed E-state index contributed by atoms with van der Waals surface area (Å²) >= 11 is 5.00. The summed E-state index contributed by atoms with van der Waals surface area (Å²) in [6, 6.07) is 15.0. The Morgan fingerprint density at radius 3 is 2.52 bits per heavy atom. The first-order valence-corrected chi connectivity index (χ1v) is 8.63. The third-order valence-corrected chi connectivity index (χ3v) is 5.09. The Hall–Kier alpha value is -2.73. The standard InChI is InChI=1S/C19H17N3O2S/c23-16(22-19(9-4-10-19)13-5-2-1-3-6-13)12-7-8-14-15(11-12)20-18(25)21-17(14)24/h1-3,5-8,11H,4,9-10H2,(H,22,23)(H2,20,21,24,25). The zero-order valence-corrected chi connectivity index (χ0v) is 14.3. The van der Waals surface area contributed by atoms with Gasteiger partial charge in [-0.15, -0.1) is 0 Å². The number of fused-ring (bicyclic) bond motifs is 1. The molecule has 3 N–H and O–H groups in total. The Morgan fingerprint density at radius 2 is 1.84 bits per heavy atom. The average Bonchev–Trinajstić information content (AvgIpc) is 2.58. The van der Waals surface area contributed by atoms with Crippen LogP contribution in [0.2, 0.25) is 0 Å². The Morgan fingerprint density at radius 1 is 1.08 bits per heavy atom. The molecule has 25 heavy (non-hydrogen) atoms. The number of H-pyrrole nitrogens is 2. The van der Waals surface area contributed by atoms with Crippen LogP contribution in [0.5, 0.6) is 0 Å². The van der Waals surface area contributed by atoms with E-state index in [0.29, 0.717) is 16.5 Å². The van der Waals surface area contributed by atoms with E-state index in [1.807, 2.05) is 18.2 Å². The first kappa shape index (κ1) is 15.8. The molecular formula is C19H17N3O2S. The number of carbonyl (C=O) groups excluding carboxylic acids is 1. The number of rotatable bonds is 3. The molecule has 0 unspecified atom stereocenters. The summed E-state index contributed by atoms with van der Waals surface area (Å²) in [6.45, 7) is 0. The number of aromatic amines is 2. The molecule has 0 radical (unpaired) electrons. The van der Waals surface area contributed by atoms with Gasteiger partial charge in [-0.3, -0.25) is 14.6 Å². The molecule has 5 nitrogen and oxygen atoms in total. The molecule has 1 aliphatic rings. The molecule has 1 saturated carbocycles. The molecular weight excluding hydrogens is 334 g/mol.